The second kappa shape index (κ2) is 3.84. The Kier molecular flexibility index (Phi) is 2.41. The Hall–Kier alpha value is -1.82. The van der Waals surface area contributed by atoms with Crippen LogP contribution in [0.15, 0.2) is 35.4 Å². The molecule has 0 fully saturated rings. The molecule has 2 N–H and O–H groups in total. The Morgan fingerprint density at radius 1 is 1.17 bits per heavy atom. The molecule has 3 rings (SSSR count). The largest absolute Gasteiger partial charge is 0.382 e. The van der Waals surface area contributed by atoms with Crippen LogP contribution in [-0.2, 0) is 22.9 Å². The van der Waals surface area contributed by atoms with E-state index >= 15 is 0 Å². The zero-order valence-corrected chi connectivity index (χ0v) is 10.5. The summed E-state index contributed by atoms with van der Waals surface area (Å²) < 4.78 is 25.5. The zero-order chi connectivity index (χ0) is 12.8. The molecule has 1 heterocycles. The minimum Gasteiger partial charge on any atom is -0.382 e. The van der Waals surface area contributed by atoms with E-state index in [1.54, 1.807) is 12.1 Å². The van der Waals surface area contributed by atoms with Gasteiger partial charge < -0.3 is 5.73 Å². The van der Waals surface area contributed by atoms with Crippen molar-refractivity contribution < 1.29 is 8.42 Å². The van der Waals surface area contributed by atoms with Crippen molar-refractivity contribution >= 4 is 15.8 Å². The van der Waals surface area contributed by atoms with E-state index in [0.29, 0.717) is 0 Å². The molecule has 94 valence electrons. The van der Waals surface area contributed by atoms with E-state index in [2.05, 4.69) is 5.10 Å². The van der Waals surface area contributed by atoms with Gasteiger partial charge in [-0.05, 0) is 42.5 Å². The number of anilines is 1. The highest BCUT2D eigenvalue weighted by molar-refractivity contribution is 7.89. The lowest BCUT2D eigenvalue weighted by Gasteiger charge is -2.06. The van der Waals surface area contributed by atoms with Gasteiger partial charge in [-0.1, -0.05) is 6.07 Å². The molecule has 0 atom stereocenters. The van der Waals surface area contributed by atoms with Crippen LogP contribution in [0.4, 0.5) is 5.82 Å². The van der Waals surface area contributed by atoms with Crippen molar-refractivity contribution in [2.24, 2.45) is 0 Å². The third-order valence-electron chi connectivity index (χ3n) is 3.20. The van der Waals surface area contributed by atoms with E-state index in [4.69, 9.17) is 5.73 Å². The van der Waals surface area contributed by atoms with Crippen molar-refractivity contribution in [3.8, 4) is 0 Å². The number of benzene rings is 1. The summed E-state index contributed by atoms with van der Waals surface area (Å²) in [6, 6.07) is 6.74. The summed E-state index contributed by atoms with van der Waals surface area (Å²) in [5.41, 5.74) is 7.81. The minimum atomic E-state index is -3.61. The first kappa shape index (κ1) is 11.3. The van der Waals surface area contributed by atoms with Crippen LogP contribution in [0.3, 0.4) is 0 Å². The maximum atomic E-state index is 12.3. The van der Waals surface area contributed by atoms with Crippen molar-refractivity contribution in [2.75, 3.05) is 5.73 Å². The van der Waals surface area contributed by atoms with Crippen LogP contribution in [0.5, 0.6) is 0 Å². The molecule has 0 aliphatic heterocycles. The highest BCUT2D eigenvalue weighted by Gasteiger charge is 2.20. The highest BCUT2D eigenvalue weighted by atomic mass is 32.2. The third kappa shape index (κ3) is 1.69. The van der Waals surface area contributed by atoms with Crippen LogP contribution in [0.2, 0.25) is 0 Å². The van der Waals surface area contributed by atoms with Gasteiger partial charge in [0.05, 0.1) is 4.90 Å². The fraction of sp³-hybridized carbons (Fsp3) is 0.250. The Balaban J connectivity index is 2.09. The zero-order valence-electron chi connectivity index (χ0n) is 9.70. The van der Waals surface area contributed by atoms with Crippen molar-refractivity contribution in [3.05, 3.63) is 41.6 Å². The number of aryl methyl sites for hydroxylation is 2. The standard InChI is InChI=1S/C12H13N3O2S/c13-12-6-7-15(14-12)18(16,17)11-5-4-9-2-1-3-10(9)8-11/h4-8H,1-3H2,(H2,13,14). The van der Waals surface area contributed by atoms with Crippen LogP contribution in [0.25, 0.3) is 0 Å². The smallest absolute Gasteiger partial charge is 0.283 e. The molecular formula is C12H13N3O2S. The van der Waals surface area contributed by atoms with Crippen LogP contribution in [0.1, 0.15) is 17.5 Å². The molecule has 0 saturated heterocycles. The van der Waals surface area contributed by atoms with E-state index in [1.807, 2.05) is 6.07 Å². The lowest BCUT2D eigenvalue weighted by atomic mass is 10.1. The number of fused-ring (bicyclic) bond motifs is 1. The second-order valence-corrected chi connectivity index (χ2v) is 6.20. The van der Waals surface area contributed by atoms with Crippen LogP contribution >= 0.6 is 0 Å². The second-order valence-electron chi connectivity index (χ2n) is 4.40. The molecule has 2 aromatic rings. The van der Waals surface area contributed by atoms with Gasteiger partial charge in [0.15, 0.2) is 0 Å². The summed E-state index contributed by atoms with van der Waals surface area (Å²) in [6.07, 6.45) is 4.43. The molecule has 0 bridgehead atoms. The van der Waals surface area contributed by atoms with Crippen LogP contribution in [0, 0.1) is 0 Å². The molecule has 6 heteroatoms. The third-order valence-corrected chi connectivity index (χ3v) is 4.75. The molecule has 0 radical (unpaired) electrons. The lowest BCUT2D eigenvalue weighted by molar-refractivity contribution is 0.580. The Labute approximate surface area is 105 Å². The number of nitrogens with zero attached hydrogens (tertiary/aromatic N) is 2. The summed E-state index contributed by atoms with van der Waals surface area (Å²) in [5.74, 6) is 0.194. The van der Waals surface area contributed by atoms with Gasteiger partial charge in [0.25, 0.3) is 10.0 Å². The summed E-state index contributed by atoms with van der Waals surface area (Å²) in [5, 5.41) is 3.76. The number of hydrogen-bond donors (Lipinski definition) is 1. The molecule has 5 nitrogen and oxygen atoms in total. The quantitative estimate of drug-likeness (QED) is 0.882. The topological polar surface area (TPSA) is 78.0 Å². The summed E-state index contributed by atoms with van der Waals surface area (Å²) in [7, 11) is -3.61. The summed E-state index contributed by atoms with van der Waals surface area (Å²) >= 11 is 0. The Morgan fingerprint density at radius 2 is 1.94 bits per heavy atom. The van der Waals surface area contributed by atoms with Crippen molar-refractivity contribution in [3.63, 3.8) is 0 Å². The number of nitrogen functional groups attached to an aromatic ring is 1. The molecule has 1 aromatic carbocycles. The maximum Gasteiger partial charge on any atom is 0.283 e. The van der Waals surface area contributed by atoms with Gasteiger partial charge in [0.1, 0.15) is 5.82 Å². The van der Waals surface area contributed by atoms with Gasteiger partial charge >= 0.3 is 0 Å². The van der Waals surface area contributed by atoms with Crippen molar-refractivity contribution in [1.29, 1.82) is 0 Å². The number of rotatable bonds is 2. The van der Waals surface area contributed by atoms with Gasteiger partial charge in [0.2, 0.25) is 0 Å². The first-order valence-corrected chi connectivity index (χ1v) is 7.20. The SMILES string of the molecule is Nc1ccn(S(=O)(=O)c2ccc3c(c2)CCC3)n1. The molecule has 0 unspecified atom stereocenters. The summed E-state index contributed by atoms with van der Waals surface area (Å²) in [4.78, 5) is 0.270. The molecule has 0 amide bonds. The van der Waals surface area contributed by atoms with Crippen molar-refractivity contribution in [1.82, 2.24) is 9.19 Å². The molecular weight excluding hydrogens is 250 g/mol. The van der Waals surface area contributed by atoms with Crippen LogP contribution in [-0.4, -0.2) is 17.6 Å². The predicted octanol–water partition coefficient (Wildman–Crippen LogP) is 1.19. The van der Waals surface area contributed by atoms with Gasteiger partial charge in [-0.2, -0.15) is 12.5 Å². The molecule has 0 spiro atoms. The van der Waals surface area contributed by atoms with Crippen molar-refractivity contribution in [2.45, 2.75) is 24.2 Å². The lowest BCUT2D eigenvalue weighted by Crippen LogP contribution is -2.14. The highest BCUT2D eigenvalue weighted by Crippen LogP contribution is 2.25. The maximum absolute atomic E-state index is 12.3. The van der Waals surface area contributed by atoms with E-state index in [9.17, 15) is 8.42 Å². The predicted molar refractivity (Wildman–Crippen MR) is 67.7 cm³/mol. The first-order chi connectivity index (χ1) is 8.57. The Morgan fingerprint density at radius 3 is 2.67 bits per heavy atom. The average Bonchev–Trinajstić information content (AvgIpc) is 2.96. The van der Waals surface area contributed by atoms with E-state index < -0.39 is 10.0 Å². The van der Waals surface area contributed by atoms with Crippen LogP contribution < -0.4 is 5.73 Å². The van der Waals surface area contributed by atoms with Gasteiger partial charge in [-0.3, -0.25) is 0 Å². The number of nitrogens with two attached hydrogens (primary N) is 1. The average molecular weight is 263 g/mol. The fourth-order valence-corrected chi connectivity index (χ4v) is 3.44. The number of hydrogen-bond acceptors (Lipinski definition) is 4. The van der Waals surface area contributed by atoms with E-state index in [0.717, 1.165) is 28.9 Å². The number of aromatic nitrogens is 2. The van der Waals surface area contributed by atoms with Gasteiger partial charge in [-0.25, -0.2) is 0 Å². The first-order valence-electron chi connectivity index (χ1n) is 5.76. The minimum absolute atomic E-state index is 0.194. The molecule has 18 heavy (non-hydrogen) atoms. The van der Waals surface area contributed by atoms with E-state index in [1.165, 1.54) is 17.8 Å². The Bertz CT molecular complexity index is 704. The van der Waals surface area contributed by atoms with E-state index in [-0.39, 0.29) is 10.7 Å². The molecule has 1 aliphatic rings. The molecule has 1 aromatic heterocycles. The fourth-order valence-electron chi connectivity index (χ4n) is 2.27. The van der Waals surface area contributed by atoms with Gasteiger partial charge in [-0.15, -0.1) is 5.10 Å². The normalized spacial score (nSPS) is 14.7. The summed E-state index contributed by atoms with van der Waals surface area (Å²) in [6.45, 7) is 0. The van der Waals surface area contributed by atoms with Gasteiger partial charge in [0, 0.05) is 12.3 Å². The molecule has 0 saturated carbocycles. The molecule has 1 aliphatic carbocycles. The monoisotopic (exact) mass is 263 g/mol.